The molecule has 0 bridgehead atoms. The molecule has 8 heteroatoms. The van der Waals surface area contributed by atoms with Crippen molar-refractivity contribution in [3.63, 3.8) is 0 Å². The maximum atomic E-state index is 6.02. The van der Waals surface area contributed by atoms with Crippen molar-refractivity contribution in [1.29, 1.82) is 0 Å². The van der Waals surface area contributed by atoms with E-state index in [1.807, 2.05) is 24.3 Å². The molecule has 30 heavy (non-hydrogen) atoms. The second-order valence-electron chi connectivity index (χ2n) is 7.82. The van der Waals surface area contributed by atoms with Gasteiger partial charge in [-0.2, -0.15) is 0 Å². The van der Waals surface area contributed by atoms with Crippen molar-refractivity contribution in [3.8, 4) is 11.5 Å². The Hall–Kier alpha value is -1.26. The molecule has 0 amide bonds. The molecule has 170 valence electrons. The Labute approximate surface area is 198 Å². The van der Waals surface area contributed by atoms with E-state index in [1.165, 1.54) is 6.42 Å². The number of guanidine groups is 1. The lowest BCUT2D eigenvalue weighted by molar-refractivity contribution is 0.0315. The molecule has 2 saturated heterocycles. The average Bonchev–Trinajstić information content (AvgIpc) is 3.20. The topological polar surface area (TPSA) is 58.6 Å². The van der Waals surface area contributed by atoms with Gasteiger partial charge in [0.2, 0.25) is 0 Å². The van der Waals surface area contributed by atoms with E-state index >= 15 is 0 Å². The van der Waals surface area contributed by atoms with Crippen LogP contribution in [-0.2, 0) is 4.74 Å². The fraction of sp³-hybridized carbons (Fsp3) is 0.682. The summed E-state index contributed by atoms with van der Waals surface area (Å²) in [5.74, 6) is 3.30. The monoisotopic (exact) mass is 532 g/mol. The van der Waals surface area contributed by atoms with E-state index in [-0.39, 0.29) is 30.1 Å². The molecule has 2 atom stereocenters. The molecule has 3 rings (SSSR count). The van der Waals surface area contributed by atoms with Gasteiger partial charge in [0.05, 0.1) is 26.9 Å². The number of benzene rings is 1. The van der Waals surface area contributed by atoms with Crippen molar-refractivity contribution in [2.45, 2.75) is 26.4 Å². The minimum absolute atomic E-state index is 0. The van der Waals surface area contributed by atoms with Gasteiger partial charge in [-0.25, -0.2) is 4.99 Å². The van der Waals surface area contributed by atoms with Gasteiger partial charge in [-0.15, -0.1) is 24.0 Å². The quantitative estimate of drug-likeness (QED) is 0.316. The Morgan fingerprint density at radius 3 is 2.77 bits per heavy atom. The minimum atomic E-state index is -0.0116. The van der Waals surface area contributed by atoms with Crippen molar-refractivity contribution < 1.29 is 14.2 Å². The van der Waals surface area contributed by atoms with Crippen LogP contribution in [0, 0.1) is 5.92 Å². The van der Waals surface area contributed by atoms with Gasteiger partial charge in [0.15, 0.2) is 5.96 Å². The maximum Gasteiger partial charge on any atom is 0.194 e. The Balaban J connectivity index is 0.00000320. The first kappa shape index (κ1) is 25.0. The van der Waals surface area contributed by atoms with Crippen molar-refractivity contribution in [3.05, 3.63) is 24.3 Å². The van der Waals surface area contributed by atoms with Gasteiger partial charge in [0.25, 0.3) is 0 Å². The van der Waals surface area contributed by atoms with E-state index in [9.17, 15) is 0 Å². The average molecular weight is 532 g/mol. The molecule has 0 saturated carbocycles. The number of morpholine rings is 1. The maximum absolute atomic E-state index is 6.02. The molecular formula is C22H37IN4O3. The summed E-state index contributed by atoms with van der Waals surface area (Å²) in [7, 11) is 1.66. The molecule has 0 aromatic heterocycles. The Bertz CT molecular complexity index is 655. The molecule has 0 radical (unpaired) electrons. The fourth-order valence-corrected chi connectivity index (χ4v) is 3.91. The molecular weight excluding hydrogens is 495 g/mol. The van der Waals surface area contributed by atoms with Crippen LogP contribution in [0.3, 0.4) is 0 Å². The summed E-state index contributed by atoms with van der Waals surface area (Å²) in [4.78, 5) is 9.79. The number of methoxy groups -OCH3 is 1. The van der Waals surface area contributed by atoms with Crippen molar-refractivity contribution in [2.24, 2.45) is 10.9 Å². The van der Waals surface area contributed by atoms with Crippen molar-refractivity contribution in [1.82, 2.24) is 15.1 Å². The highest BCUT2D eigenvalue weighted by atomic mass is 127. The predicted octanol–water partition coefficient (Wildman–Crippen LogP) is 2.70. The number of halogens is 1. The van der Waals surface area contributed by atoms with Crippen LogP contribution in [0.4, 0.5) is 0 Å². The second-order valence-corrected chi connectivity index (χ2v) is 7.82. The summed E-state index contributed by atoms with van der Waals surface area (Å²) in [5.41, 5.74) is 0. The third-order valence-electron chi connectivity index (χ3n) is 5.42. The first-order valence-electron chi connectivity index (χ1n) is 10.8. The van der Waals surface area contributed by atoms with E-state index in [4.69, 9.17) is 19.2 Å². The van der Waals surface area contributed by atoms with Crippen molar-refractivity contribution >= 4 is 29.9 Å². The van der Waals surface area contributed by atoms with E-state index in [1.54, 1.807) is 7.11 Å². The van der Waals surface area contributed by atoms with Gasteiger partial charge in [0, 0.05) is 45.3 Å². The normalized spacial score (nSPS) is 21.1. The highest BCUT2D eigenvalue weighted by Gasteiger charge is 2.27. The molecule has 2 fully saturated rings. The van der Waals surface area contributed by atoms with Gasteiger partial charge in [-0.3, -0.25) is 4.90 Å². The number of nitrogens with one attached hydrogen (secondary N) is 1. The number of hydrogen-bond donors (Lipinski definition) is 1. The summed E-state index contributed by atoms with van der Waals surface area (Å²) in [6.07, 6.45) is 1.21. The lowest BCUT2D eigenvalue weighted by atomic mass is 10.1. The van der Waals surface area contributed by atoms with Gasteiger partial charge in [0.1, 0.15) is 17.6 Å². The zero-order valence-corrected chi connectivity index (χ0v) is 20.8. The minimum Gasteiger partial charge on any atom is -0.497 e. The second kappa shape index (κ2) is 13.2. The molecule has 2 aliphatic rings. The molecule has 0 aliphatic carbocycles. The molecule has 1 aromatic rings. The number of ether oxygens (including phenoxy) is 3. The van der Waals surface area contributed by atoms with E-state index < -0.39 is 0 Å². The van der Waals surface area contributed by atoms with Crippen LogP contribution in [0.1, 0.15) is 20.3 Å². The summed E-state index contributed by atoms with van der Waals surface area (Å²) in [5, 5.41) is 3.45. The van der Waals surface area contributed by atoms with Gasteiger partial charge < -0.3 is 24.4 Å². The Morgan fingerprint density at radius 2 is 2.03 bits per heavy atom. The van der Waals surface area contributed by atoms with Crippen molar-refractivity contribution in [2.75, 3.05) is 66.1 Å². The molecule has 0 spiro atoms. The number of nitrogens with zero attached hydrogens (tertiary/aromatic N) is 3. The first-order valence-corrected chi connectivity index (χ1v) is 10.8. The molecule has 2 heterocycles. The summed E-state index contributed by atoms with van der Waals surface area (Å²) in [6.45, 7) is 12.8. The highest BCUT2D eigenvalue weighted by molar-refractivity contribution is 14.0. The standard InChI is InChI=1S/C22H36N4O3.HI/c1-4-23-22(24-15-18(2)29-21-7-5-6-20(14-21)27-3)26-9-8-19(17-26)16-25-10-12-28-13-11-25;/h5-7,14,18-19H,4,8-13,15-17H2,1-3H3,(H,23,24);1H. The van der Waals surface area contributed by atoms with Gasteiger partial charge >= 0.3 is 0 Å². The summed E-state index contributed by atoms with van der Waals surface area (Å²) in [6, 6.07) is 7.71. The third kappa shape index (κ3) is 7.77. The van der Waals surface area contributed by atoms with Crippen LogP contribution in [0.5, 0.6) is 11.5 Å². The van der Waals surface area contributed by atoms with Crippen LogP contribution in [0.2, 0.25) is 0 Å². The highest BCUT2D eigenvalue weighted by Crippen LogP contribution is 2.21. The van der Waals surface area contributed by atoms with Crippen LogP contribution >= 0.6 is 24.0 Å². The lowest BCUT2D eigenvalue weighted by Crippen LogP contribution is -2.42. The number of hydrogen-bond acceptors (Lipinski definition) is 5. The number of aliphatic imine (C=N–C) groups is 1. The molecule has 2 aliphatic heterocycles. The van der Waals surface area contributed by atoms with E-state index in [2.05, 4.69) is 29.0 Å². The summed E-state index contributed by atoms with van der Waals surface area (Å²) < 4.78 is 16.7. The molecule has 1 N–H and O–H groups in total. The molecule has 7 nitrogen and oxygen atoms in total. The fourth-order valence-electron chi connectivity index (χ4n) is 3.91. The molecule has 1 aromatic carbocycles. The van der Waals surface area contributed by atoms with Crippen LogP contribution in [0.15, 0.2) is 29.3 Å². The SMILES string of the molecule is CCNC(=NCC(C)Oc1cccc(OC)c1)N1CCC(CN2CCOCC2)C1.I. The molecule has 2 unspecified atom stereocenters. The Kier molecular flexibility index (Phi) is 11.0. The lowest BCUT2D eigenvalue weighted by Gasteiger charge is -2.29. The summed E-state index contributed by atoms with van der Waals surface area (Å²) >= 11 is 0. The Morgan fingerprint density at radius 1 is 1.27 bits per heavy atom. The van der Waals surface area contributed by atoms with E-state index in [0.29, 0.717) is 12.5 Å². The largest absolute Gasteiger partial charge is 0.497 e. The van der Waals surface area contributed by atoms with E-state index in [0.717, 1.165) is 69.9 Å². The van der Waals surface area contributed by atoms with Crippen LogP contribution in [-0.4, -0.2) is 88.0 Å². The third-order valence-corrected chi connectivity index (χ3v) is 5.42. The van der Waals surface area contributed by atoms with Crippen LogP contribution < -0.4 is 14.8 Å². The number of likely N-dealkylation sites (tertiary alicyclic amines) is 1. The first-order chi connectivity index (χ1) is 14.2. The zero-order valence-electron chi connectivity index (χ0n) is 18.5. The van der Waals surface area contributed by atoms with Crippen LogP contribution in [0.25, 0.3) is 0 Å². The zero-order chi connectivity index (χ0) is 20.5. The van der Waals surface area contributed by atoms with Gasteiger partial charge in [-0.1, -0.05) is 6.07 Å². The number of rotatable bonds is 8. The smallest absolute Gasteiger partial charge is 0.194 e. The predicted molar refractivity (Wildman–Crippen MR) is 131 cm³/mol. The van der Waals surface area contributed by atoms with Gasteiger partial charge in [-0.05, 0) is 38.3 Å².